The van der Waals surface area contributed by atoms with Gasteiger partial charge in [-0.25, -0.2) is 0 Å². The van der Waals surface area contributed by atoms with Gasteiger partial charge in [-0.3, -0.25) is 4.79 Å². The predicted octanol–water partition coefficient (Wildman–Crippen LogP) is 3.76. The summed E-state index contributed by atoms with van der Waals surface area (Å²) in [4.78, 5) is 16.8. The molecule has 0 aliphatic rings. The molecule has 0 spiro atoms. The first-order valence-electron chi connectivity index (χ1n) is 7.00. The van der Waals surface area contributed by atoms with Crippen LogP contribution in [0.25, 0.3) is 0 Å². The summed E-state index contributed by atoms with van der Waals surface area (Å²) in [7, 11) is 1.59. The largest absolute Gasteiger partial charge is 0.496 e. The number of carbonyl (C=O) groups excluding carboxylic acids is 1. The molecule has 0 N–H and O–H groups in total. The summed E-state index contributed by atoms with van der Waals surface area (Å²) in [5.74, 6) is 0.684. The summed E-state index contributed by atoms with van der Waals surface area (Å²) in [5.41, 5.74) is 3.55. The Labute approximate surface area is 130 Å². The molecule has 0 amide bonds. The second kappa shape index (κ2) is 7.41. The van der Waals surface area contributed by atoms with Crippen LogP contribution in [0.15, 0.2) is 47.6 Å². The number of ketones is 1. The number of methoxy groups -OCH3 is 1. The van der Waals surface area contributed by atoms with E-state index >= 15 is 0 Å². The van der Waals surface area contributed by atoms with Crippen LogP contribution in [0, 0.1) is 6.92 Å². The lowest BCUT2D eigenvalue weighted by atomic mass is 10.1. The fourth-order valence-corrected chi connectivity index (χ4v) is 2.04. The van der Waals surface area contributed by atoms with Crippen molar-refractivity contribution < 1.29 is 14.4 Å². The molecule has 2 aromatic carbocycles. The van der Waals surface area contributed by atoms with Gasteiger partial charge < -0.3 is 9.57 Å². The van der Waals surface area contributed by atoms with Crippen molar-refractivity contribution >= 4 is 12.0 Å². The van der Waals surface area contributed by atoms with Crippen LogP contribution in [-0.2, 0) is 11.4 Å². The van der Waals surface area contributed by atoms with Crippen molar-refractivity contribution in [1.29, 1.82) is 0 Å². The van der Waals surface area contributed by atoms with E-state index in [0.29, 0.717) is 11.3 Å². The van der Waals surface area contributed by atoms with Gasteiger partial charge >= 0.3 is 0 Å². The third-order valence-corrected chi connectivity index (χ3v) is 3.36. The lowest BCUT2D eigenvalue weighted by Crippen LogP contribution is -1.99. The van der Waals surface area contributed by atoms with E-state index in [-0.39, 0.29) is 12.4 Å². The van der Waals surface area contributed by atoms with E-state index < -0.39 is 0 Å². The van der Waals surface area contributed by atoms with Gasteiger partial charge in [0.2, 0.25) is 0 Å². The Bertz CT molecular complexity index is 692. The van der Waals surface area contributed by atoms with Gasteiger partial charge in [-0.1, -0.05) is 29.4 Å². The SMILES string of the molecule is COc1ccc(C(C)=O)cc1CO/N=C/c1ccccc1C. The fraction of sp³-hybridized carbons (Fsp3) is 0.222. The smallest absolute Gasteiger partial charge is 0.159 e. The van der Waals surface area contributed by atoms with Crippen molar-refractivity contribution in [3.8, 4) is 5.75 Å². The van der Waals surface area contributed by atoms with Crippen LogP contribution in [0.3, 0.4) is 0 Å². The molecule has 2 rings (SSSR count). The van der Waals surface area contributed by atoms with Gasteiger partial charge in [0.1, 0.15) is 12.4 Å². The zero-order chi connectivity index (χ0) is 15.9. The maximum atomic E-state index is 11.4. The molecule has 114 valence electrons. The van der Waals surface area contributed by atoms with Gasteiger partial charge in [0.25, 0.3) is 0 Å². The number of aryl methyl sites for hydroxylation is 1. The standard InChI is InChI=1S/C18H19NO3/c1-13-6-4-5-7-16(13)11-19-22-12-17-10-15(14(2)20)8-9-18(17)21-3/h4-11H,12H2,1-3H3/b19-11+. The maximum absolute atomic E-state index is 11.4. The molecule has 0 atom stereocenters. The van der Waals surface area contributed by atoms with Crippen LogP contribution in [0.1, 0.15) is 34.0 Å². The van der Waals surface area contributed by atoms with Crippen LogP contribution < -0.4 is 4.74 Å². The monoisotopic (exact) mass is 297 g/mol. The summed E-state index contributed by atoms with van der Waals surface area (Å²) in [6, 6.07) is 13.2. The minimum absolute atomic E-state index is 0.00677. The zero-order valence-electron chi connectivity index (χ0n) is 13.0. The number of carbonyl (C=O) groups is 1. The fourth-order valence-electron chi connectivity index (χ4n) is 2.04. The molecule has 4 heteroatoms. The Balaban J connectivity index is 2.06. The Kier molecular flexibility index (Phi) is 5.31. The van der Waals surface area contributed by atoms with Gasteiger partial charge in [-0.15, -0.1) is 0 Å². The highest BCUT2D eigenvalue weighted by atomic mass is 16.6. The first-order chi connectivity index (χ1) is 10.6. The van der Waals surface area contributed by atoms with Crippen molar-refractivity contribution in [1.82, 2.24) is 0 Å². The van der Waals surface area contributed by atoms with E-state index in [9.17, 15) is 4.79 Å². The zero-order valence-corrected chi connectivity index (χ0v) is 13.0. The maximum Gasteiger partial charge on any atom is 0.159 e. The molecule has 0 aliphatic carbocycles. The normalized spacial score (nSPS) is 10.7. The second-order valence-corrected chi connectivity index (χ2v) is 4.95. The van der Waals surface area contributed by atoms with Crippen LogP contribution in [-0.4, -0.2) is 19.1 Å². The third-order valence-electron chi connectivity index (χ3n) is 3.36. The minimum Gasteiger partial charge on any atom is -0.496 e. The van der Waals surface area contributed by atoms with Crippen molar-refractivity contribution in [2.75, 3.05) is 7.11 Å². The molecule has 0 radical (unpaired) electrons. The number of hydrogen-bond acceptors (Lipinski definition) is 4. The summed E-state index contributed by atoms with van der Waals surface area (Å²) in [6.45, 7) is 3.79. The van der Waals surface area contributed by atoms with Crippen LogP contribution in [0.4, 0.5) is 0 Å². The third kappa shape index (κ3) is 3.95. The Hall–Kier alpha value is -2.62. The molecule has 0 aliphatic heterocycles. The van der Waals surface area contributed by atoms with Crippen molar-refractivity contribution in [2.24, 2.45) is 5.16 Å². The van der Waals surface area contributed by atoms with E-state index in [1.54, 1.807) is 31.5 Å². The number of benzene rings is 2. The van der Waals surface area contributed by atoms with Crippen molar-refractivity contribution in [3.63, 3.8) is 0 Å². The molecular weight excluding hydrogens is 278 g/mol. The van der Waals surface area contributed by atoms with Crippen LogP contribution in [0.5, 0.6) is 5.75 Å². The summed E-state index contributed by atoms with van der Waals surface area (Å²) < 4.78 is 5.27. The molecular formula is C18H19NO3. The van der Waals surface area contributed by atoms with E-state index in [1.807, 2.05) is 31.2 Å². The van der Waals surface area contributed by atoms with Gasteiger partial charge in [0.15, 0.2) is 5.78 Å². The minimum atomic E-state index is 0.00677. The highest BCUT2D eigenvalue weighted by molar-refractivity contribution is 5.94. The average molecular weight is 297 g/mol. The number of oxime groups is 1. The number of ether oxygens (including phenoxy) is 1. The number of nitrogens with zero attached hydrogens (tertiary/aromatic N) is 1. The molecule has 22 heavy (non-hydrogen) atoms. The van der Waals surface area contributed by atoms with E-state index in [2.05, 4.69) is 5.16 Å². The average Bonchev–Trinajstić information content (AvgIpc) is 2.52. The summed E-state index contributed by atoms with van der Waals surface area (Å²) in [5, 5.41) is 3.98. The van der Waals surface area contributed by atoms with Crippen LogP contribution >= 0.6 is 0 Å². The second-order valence-electron chi connectivity index (χ2n) is 4.95. The molecule has 4 nitrogen and oxygen atoms in total. The highest BCUT2D eigenvalue weighted by Gasteiger charge is 2.07. The molecule has 0 bridgehead atoms. The van der Waals surface area contributed by atoms with E-state index in [4.69, 9.17) is 9.57 Å². The Morgan fingerprint density at radius 1 is 1.23 bits per heavy atom. The molecule has 0 saturated carbocycles. The molecule has 0 aromatic heterocycles. The molecule has 0 heterocycles. The van der Waals surface area contributed by atoms with Crippen LogP contribution in [0.2, 0.25) is 0 Å². The van der Waals surface area contributed by atoms with Gasteiger partial charge in [0.05, 0.1) is 13.3 Å². The Morgan fingerprint density at radius 2 is 2.00 bits per heavy atom. The lowest BCUT2D eigenvalue weighted by Gasteiger charge is -2.08. The number of Topliss-reactive ketones (excluding diaryl/α,β-unsaturated/α-hetero) is 1. The number of rotatable bonds is 6. The van der Waals surface area contributed by atoms with Crippen molar-refractivity contribution in [2.45, 2.75) is 20.5 Å². The Morgan fingerprint density at radius 3 is 2.68 bits per heavy atom. The highest BCUT2D eigenvalue weighted by Crippen LogP contribution is 2.21. The first-order valence-corrected chi connectivity index (χ1v) is 7.00. The van der Waals surface area contributed by atoms with E-state index in [0.717, 1.165) is 16.7 Å². The predicted molar refractivity (Wildman–Crippen MR) is 86.6 cm³/mol. The topological polar surface area (TPSA) is 47.9 Å². The first kappa shape index (κ1) is 15.8. The van der Waals surface area contributed by atoms with Crippen molar-refractivity contribution in [3.05, 3.63) is 64.7 Å². The van der Waals surface area contributed by atoms with Gasteiger partial charge in [0, 0.05) is 11.1 Å². The quantitative estimate of drug-likeness (QED) is 0.463. The van der Waals surface area contributed by atoms with Gasteiger partial charge in [-0.05, 0) is 43.2 Å². The lowest BCUT2D eigenvalue weighted by molar-refractivity contribution is 0.101. The van der Waals surface area contributed by atoms with E-state index in [1.165, 1.54) is 6.92 Å². The summed E-state index contributed by atoms with van der Waals surface area (Å²) >= 11 is 0. The summed E-state index contributed by atoms with van der Waals surface area (Å²) in [6.07, 6.45) is 1.68. The molecule has 2 aromatic rings. The number of hydrogen-bond donors (Lipinski definition) is 0. The van der Waals surface area contributed by atoms with Gasteiger partial charge in [-0.2, -0.15) is 0 Å². The molecule has 0 unspecified atom stereocenters. The molecule has 0 saturated heterocycles. The molecule has 0 fully saturated rings.